The zero-order chi connectivity index (χ0) is 17.5. The molecule has 0 spiro atoms. The van der Waals surface area contributed by atoms with E-state index in [1.54, 1.807) is 18.2 Å². The van der Waals surface area contributed by atoms with Gasteiger partial charge >= 0.3 is 0 Å². The number of anilines is 1. The van der Waals surface area contributed by atoms with Crippen molar-refractivity contribution in [2.45, 2.75) is 19.8 Å². The molecule has 2 aromatic carbocycles. The van der Waals surface area contributed by atoms with Gasteiger partial charge in [-0.1, -0.05) is 28.1 Å². The van der Waals surface area contributed by atoms with E-state index in [4.69, 9.17) is 0 Å². The number of rotatable bonds is 6. The van der Waals surface area contributed by atoms with Gasteiger partial charge in [0.25, 0.3) is 0 Å². The van der Waals surface area contributed by atoms with Gasteiger partial charge in [-0.25, -0.2) is 4.39 Å². The number of carbonyl (C=O) groups is 2. The summed E-state index contributed by atoms with van der Waals surface area (Å²) in [5.74, 6) is -0.994. The lowest BCUT2D eigenvalue weighted by Gasteiger charge is -2.09. The zero-order valence-corrected chi connectivity index (χ0v) is 14.8. The van der Waals surface area contributed by atoms with E-state index in [2.05, 4.69) is 26.6 Å². The molecule has 0 saturated carbocycles. The fourth-order valence-electron chi connectivity index (χ4n) is 2.17. The fourth-order valence-corrected chi connectivity index (χ4v) is 2.64. The summed E-state index contributed by atoms with van der Waals surface area (Å²) in [5, 5.41) is 5.41. The maximum Gasteiger partial charge on any atom is 0.233 e. The molecule has 0 aliphatic carbocycles. The third-order valence-electron chi connectivity index (χ3n) is 3.43. The van der Waals surface area contributed by atoms with E-state index in [0.717, 1.165) is 15.6 Å². The number of nitrogens with one attached hydrogen (secondary N) is 2. The first kappa shape index (κ1) is 18.1. The van der Waals surface area contributed by atoms with E-state index in [-0.39, 0.29) is 24.1 Å². The molecule has 126 valence electrons. The third-order valence-corrected chi connectivity index (χ3v) is 3.93. The first-order valence-electron chi connectivity index (χ1n) is 7.51. The highest BCUT2D eigenvalue weighted by Crippen LogP contribution is 2.20. The average molecular weight is 393 g/mol. The molecule has 24 heavy (non-hydrogen) atoms. The van der Waals surface area contributed by atoms with Crippen molar-refractivity contribution >= 4 is 33.4 Å². The molecule has 0 bridgehead atoms. The van der Waals surface area contributed by atoms with Crippen LogP contribution in [-0.2, 0) is 16.0 Å². The van der Waals surface area contributed by atoms with Crippen molar-refractivity contribution in [3.05, 3.63) is 63.9 Å². The summed E-state index contributed by atoms with van der Waals surface area (Å²) in [6.07, 6.45) is 0.346. The first-order chi connectivity index (χ1) is 11.4. The van der Waals surface area contributed by atoms with E-state index in [1.165, 1.54) is 12.1 Å². The highest BCUT2D eigenvalue weighted by Gasteiger charge is 2.10. The molecule has 0 aliphatic rings. The van der Waals surface area contributed by atoms with Gasteiger partial charge in [0.05, 0.1) is 0 Å². The van der Waals surface area contributed by atoms with Crippen LogP contribution in [0.2, 0.25) is 0 Å². The number of halogens is 2. The van der Waals surface area contributed by atoms with E-state index in [1.807, 2.05) is 19.1 Å². The summed E-state index contributed by atoms with van der Waals surface area (Å²) >= 11 is 3.36. The molecule has 6 heteroatoms. The summed E-state index contributed by atoms with van der Waals surface area (Å²) in [4.78, 5) is 23.7. The Balaban J connectivity index is 1.75. The van der Waals surface area contributed by atoms with Crippen molar-refractivity contribution in [2.24, 2.45) is 0 Å². The van der Waals surface area contributed by atoms with Gasteiger partial charge in [-0.15, -0.1) is 0 Å². The lowest BCUT2D eigenvalue weighted by Crippen LogP contribution is -2.29. The molecule has 0 aliphatic heterocycles. The van der Waals surface area contributed by atoms with Gasteiger partial charge in [-0.05, 0) is 54.8 Å². The van der Waals surface area contributed by atoms with E-state index in [0.29, 0.717) is 18.7 Å². The van der Waals surface area contributed by atoms with Crippen LogP contribution in [0.4, 0.5) is 10.1 Å². The Kier molecular flexibility index (Phi) is 6.49. The zero-order valence-electron chi connectivity index (χ0n) is 13.2. The van der Waals surface area contributed by atoms with Gasteiger partial charge in [-0.2, -0.15) is 0 Å². The van der Waals surface area contributed by atoms with Crippen molar-refractivity contribution in [3.8, 4) is 0 Å². The maximum absolute atomic E-state index is 12.8. The minimum Gasteiger partial charge on any atom is -0.355 e. The Bertz CT molecular complexity index is 732. The summed E-state index contributed by atoms with van der Waals surface area (Å²) < 4.78 is 13.7. The normalized spacial score (nSPS) is 10.3. The molecule has 0 fully saturated rings. The number of hydrogen-bond donors (Lipinski definition) is 2. The van der Waals surface area contributed by atoms with Gasteiger partial charge in [0.15, 0.2) is 0 Å². The average Bonchev–Trinajstić information content (AvgIpc) is 2.52. The summed E-state index contributed by atoms with van der Waals surface area (Å²) in [7, 11) is 0. The molecule has 0 unspecified atom stereocenters. The molecule has 0 aromatic heterocycles. The molecule has 0 heterocycles. The van der Waals surface area contributed by atoms with Gasteiger partial charge in [0.2, 0.25) is 11.8 Å². The highest BCUT2D eigenvalue weighted by molar-refractivity contribution is 9.10. The highest BCUT2D eigenvalue weighted by atomic mass is 79.9. The minimum atomic E-state index is -0.361. The van der Waals surface area contributed by atoms with Crippen LogP contribution in [-0.4, -0.2) is 18.4 Å². The van der Waals surface area contributed by atoms with Crippen molar-refractivity contribution in [2.75, 3.05) is 11.9 Å². The van der Waals surface area contributed by atoms with Crippen molar-refractivity contribution < 1.29 is 14.0 Å². The number of benzene rings is 2. The smallest absolute Gasteiger partial charge is 0.233 e. The Morgan fingerprint density at radius 1 is 1.08 bits per heavy atom. The second kappa shape index (κ2) is 8.59. The van der Waals surface area contributed by atoms with Gasteiger partial charge < -0.3 is 10.6 Å². The maximum atomic E-state index is 12.8. The molecule has 0 atom stereocenters. The summed E-state index contributed by atoms with van der Waals surface area (Å²) in [6, 6.07) is 11.6. The molecular weight excluding hydrogens is 375 g/mol. The Hall–Kier alpha value is -2.21. The number of hydrogen-bond acceptors (Lipinski definition) is 2. The first-order valence-corrected chi connectivity index (χ1v) is 8.30. The van der Waals surface area contributed by atoms with Crippen LogP contribution in [0.3, 0.4) is 0 Å². The summed E-state index contributed by atoms with van der Waals surface area (Å²) in [6.45, 7) is 2.28. The number of carbonyl (C=O) groups excluding carboxylic acids is 2. The van der Waals surface area contributed by atoms with E-state index < -0.39 is 0 Å². The molecule has 2 rings (SSSR count). The Labute approximate surface area is 148 Å². The van der Waals surface area contributed by atoms with Crippen LogP contribution in [0.1, 0.15) is 17.5 Å². The lowest BCUT2D eigenvalue weighted by molar-refractivity contribution is -0.126. The van der Waals surface area contributed by atoms with Crippen molar-refractivity contribution in [3.63, 3.8) is 0 Å². The lowest BCUT2D eigenvalue weighted by atomic mass is 10.1. The molecule has 0 radical (unpaired) electrons. The number of amides is 2. The Morgan fingerprint density at radius 2 is 1.79 bits per heavy atom. The van der Waals surface area contributed by atoms with Crippen LogP contribution in [0, 0.1) is 12.7 Å². The van der Waals surface area contributed by atoms with Gasteiger partial charge in [0.1, 0.15) is 12.2 Å². The van der Waals surface area contributed by atoms with Crippen LogP contribution < -0.4 is 10.6 Å². The van der Waals surface area contributed by atoms with Crippen molar-refractivity contribution in [1.29, 1.82) is 0 Å². The fraction of sp³-hybridized carbons (Fsp3) is 0.222. The molecule has 2 N–H and O–H groups in total. The Morgan fingerprint density at radius 3 is 2.46 bits per heavy atom. The molecule has 2 aromatic rings. The van der Waals surface area contributed by atoms with Crippen LogP contribution in [0.25, 0.3) is 0 Å². The second-order valence-corrected chi connectivity index (χ2v) is 6.33. The molecule has 2 amide bonds. The van der Waals surface area contributed by atoms with Crippen molar-refractivity contribution in [1.82, 2.24) is 5.32 Å². The topological polar surface area (TPSA) is 58.2 Å². The molecular formula is C18H18BrFN2O2. The minimum absolute atomic E-state index is 0.237. The quantitative estimate of drug-likeness (QED) is 0.738. The monoisotopic (exact) mass is 392 g/mol. The molecule has 0 saturated heterocycles. The second-order valence-electron chi connectivity index (χ2n) is 5.41. The molecule has 4 nitrogen and oxygen atoms in total. The predicted molar refractivity (Wildman–Crippen MR) is 95.2 cm³/mol. The summed E-state index contributed by atoms with van der Waals surface area (Å²) in [5.41, 5.74) is 2.52. The van der Waals surface area contributed by atoms with Crippen LogP contribution in [0.5, 0.6) is 0 Å². The van der Waals surface area contributed by atoms with Crippen LogP contribution >= 0.6 is 15.9 Å². The van der Waals surface area contributed by atoms with Crippen LogP contribution in [0.15, 0.2) is 46.9 Å². The number of aryl methyl sites for hydroxylation is 1. The van der Waals surface area contributed by atoms with Gasteiger partial charge in [-0.3, -0.25) is 9.59 Å². The standard InChI is InChI=1S/C18H18BrFN2O2/c1-12-10-14(19)4-7-16(12)22-18(24)11-17(23)21-9-8-13-2-5-15(20)6-3-13/h2-7,10H,8-9,11H2,1H3,(H,21,23)(H,22,24). The largest absolute Gasteiger partial charge is 0.355 e. The third kappa shape index (κ3) is 5.77. The van der Waals surface area contributed by atoms with E-state index in [9.17, 15) is 14.0 Å². The van der Waals surface area contributed by atoms with E-state index >= 15 is 0 Å². The van der Waals surface area contributed by atoms with Gasteiger partial charge in [0, 0.05) is 16.7 Å². The SMILES string of the molecule is Cc1cc(Br)ccc1NC(=O)CC(=O)NCCc1ccc(F)cc1. The predicted octanol–water partition coefficient (Wildman–Crippen LogP) is 3.58.